The standard InChI is InChI=1S/C20H24N2O4S/c1-13(18-12-14-4-5-15(18)11-14)22-27(24,25)17-8-6-16(7-9-17)21-20(23)19-3-2-10-26-19/h2-3,6-10,13-15,18,22H,4-5,11-12H2,1H3,(H,21,23)/t13-,14-,15-,18-/m0/s1. The fraction of sp³-hybridized carbons (Fsp3) is 0.450. The Bertz CT molecular complexity index is 906. The number of sulfonamides is 1. The molecular formula is C20H24N2O4S. The van der Waals surface area contributed by atoms with Gasteiger partial charge in [-0.1, -0.05) is 6.42 Å². The number of fused-ring (bicyclic) bond motifs is 2. The topological polar surface area (TPSA) is 88.4 Å². The molecule has 0 radical (unpaired) electrons. The zero-order valence-electron chi connectivity index (χ0n) is 15.2. The Morgan fingerprint density at radius 3 is 2.52 bits per heavy atom. The molecule has 2 saturated carbocycles. The van der Waals surface area contributed by atoms with Crippen molar-refractivity contribution in [2.45, 2.75) is 43.5 Å². The summed E-state index contributed by atoms with van der Waals surface area (Å²) < 4.78 is 33.3. The number of furan rings is 1. The largest absolute Gasteiger partial charge is 0.459 e. The van der Waals surface area contributed by atoms with Crippen LogP contribution in [0.1, 0.15) is 43.2 Å². The molecule has 2 N–H and O–H groups in total. The molecule has 0 aliphatic heterocycles. The van der Waals surface area contributed by atoms with Gasteiger partial charge in [-0.15, -0.1) is 0 Å². The molecule has 2 fully saturated rings. The number of nitrogens with one attached hydrogen (secondary N) is 2. The molecule has 0 spiro atoms. The molecule has 7 heteroatoms. The second-order valence-corrected chi connectivity index (χ2v) is 9.42. The fourth-order valence-electron chi connectivity index (χ4n) is 4.62. The highest BCUT2D eigenvalue weighted by molar-refractivity contribution is 7.89. The van der Waals surface area contributed by atoms with Gasteiger partial charge in [0.15, 0.2) is 5.76 Å². The molecule has 1 heterocycles. The van der Waals surface area contributed by atoms with E-state index in [1.807, 2.05) is 6.92 Å². The second kappa shape index (κ2) is 7.13. The van der Waals surface area contributed by atoms with Crippen molar-refractivity contribution < 1.29 is 17.6 Å². The summed E-state index contributed by atoms with van der Waals surface area (Å²) in [7, 11) is -3.58. The zero-order chi connectivity index (χ0) is 19.0. The summed E-state index contributed by atoms with van der Waals surface area (Å²) >= 11 is 0. The van der Waals surface area contributed by atoms with E-state index in [1.165, 1.54) is 37.7 Å². The van der Waals surface area contributed by atoms with Gasteiger partial charge in [0.05, 0.1) is 11.2 Å². The van der Waals surface area contributed by atoms with Gasteiger partial charge in [-0.2, -0.15) is 0 Å². The lowest BCUT2D eigenvalue weighted by Crippen LogP contribution is -2.40. The molecule has 4 rings (SSSR count). The lowest BCUT2D eigenvalue weighted by Gasteiger charge is -2.28. The van der Waals surface area contributed by atoms with Crippen molar-refractivity contribution in [3.8, 4) is 0 Å². The highest BCUT2D eigenvalue weighted by Gasteiger charge is 2.42. The van der Waals surface area contributed by atoms with Crippen molar-refractivity contribution in [2.24, 2.45) is 17.8 Å². The third-order valence-corrected chi connectivity index (χ3v) is 7.52. The van der Waals surface area contributed by atoms with Crippen molar-refractivity contribution in [3.63, 3.8) is 0 Å². The van der Waals surface area contributed by atoms with E-state index in [-0.39, 0.29) is 22.6 Å². The lowest BCUT2D eigenvalue weighted by molar-refractivity contribution is 0.0996. The summed E-state index contributed by atoms with van der Waals surface area (Å²) in [5.74, 6) is 1.70. The third kappa shape index (κ3) is 3.80. The average molecular weight is 388 g/mol. The number of hydrogen-bond donors (Lipinski definition) is 2. The third-order valence-electron chi connectivity index (χ3n) is 5.94. The van der Waals surface area contributed by atoms with Crippen molar-refractivity contribution in [1.29, 1.82) is 0 Å². The molecule has 1 aromatic heterocycles. The van der Waals surface area contributed by atoms with E-state index in [2.05, 4.69) is 10.0 Å². The van der Waals surface area contributed by atoms with Gasteiger partial charge in [0.25, 0.3) is 5.91 Å². The number of benzene rings is 1. The van der Waals surface area contributed by atoms with E-state index in [1.54, 1.807) is 24.3 Å². The van der Waals surface area contributed by atoms with Crippen molar-refractivity contribution in [1.82, 2.24) is 4.72 Å². The number of amides is 1. The number of carbonyl (C=O) groups excluding carboxylic acids is 1. The van der Waals surface area contributed by atoms with Crippen LogP contribution in [0.2, 0.25) is 0 Å². The minimum Gasteiger partial charge on any atom is -0.459 e. The highest BCUT2D eigenvalue weighted by atomic mass is 32.2. The smallest absolute Gasteiger partial charge is 0.291 e. The molecule has 2 bridgehead atoms. The fourth-order valence-corrected chi connectivity index (χ4v) is 5.92. The minimum atomic E-state index is -3.58. The van der Waals surface area contributed by atoms with Crippen LogP contribution in [0.3, 0.4) is 0 Å². The SMILES string of the molecule is C[C@H](NS(=O)(=O)c1ccc(NC(=O)c2ccco2)cc1)[C@@H]1C[C@H]2CC[C@H]1C2. The van der Waals surface area contributed by atoms with E-state index in [0.29, 0.717) is 17.5 Å². The number of hydrogen-bond acceptors (Lipinski definition) is 4. The maximum absolute atomic E-state index is 12.7. The van der Waals surface area contributed by atoms with Crippen molar-refractivity contribution >= 4 is 21.6 Å². The van der Waals surface area contributed by atoms with Crippen LogP contribution in [-0.4, -0.2) is 20.4 Å². The quantitative estimate of drug-likeness (QED) is 0.791. The first-order valence-electron chi connectivity index (χ1n) is 9.39. The Kier molecular flexibility index (Phi) is 4.82. The van der Waals surface area contributed by atoms with Gasteiger partial charge in [0.2, 0.25) is 10.0 Å². The van der Waals surface area contributed by atoms with Crippen LogP contribution >= 0.6 is 0 Å². The van der Waals surface area contributed by atoms with E-state index in [0.717, 1.165) is 12.3 Å². The highest BCUT2D eigenvalue weighted by Crippen LogP contribution is 2.49. The summed E-state index contributed by atoms with van der Waals surface area (Å²) in [5, 5.41) is 2.68. The summed E-state index contributed by atoms with van der Waals surface area (Å²) in [6, 6.07) is 9.31. The van der Waals surface area contributed by atoms with Gasteiger partial charge in [0.1, 0.15) is 0 Å². The monoisotopic (exact) mass is 388 g/mol. The van der Waals surface area contributed by atoms with Crippen LogP contribution in [0.15, 0.2) is 52.0 Å². The Morgan fingerprint density at radius 1 is 1.15 bits per heavy atom. The first-order valence-corrected chi connectivity index (χ1v) is 10.9. The van der Waals surface area contributed by atoms with Gasteiger partial charge >= 0.3 is 0 Å². The zero-order valence-corrected chi connectivity index (χ0v) is 16.0. The number of carbonyl (C=O) groups is 1. The van der Waals surface area contributed by atoms with Gasteiger partial charge in [-0.25, -0.2) is 13.1 Å². The maximum Gasteiger partial charge on any atom is 0.291 e. The van der Waals surface area contributed by atoms with Gasteiger partial charge in [-0.3, -0.25) is 4.79 Å². The van der Waals surface area contributed by atoms with E-state index in [4.69, 9.17) is 4.42 Å². The van der Waals surface area contributed by atoms with E-state index < -0.39 is 10.0 Å². The summed E-state index contributed by atoms with van der Waals surface area (Å²) in [4.78, 5) is 12.2. The number of rotatable bonds is 6. The predicted molar refractivity (Wildman–Crippen MR) is 102 cm³/mol. The van der Waals surface area contributed by atoms with Crippen LogP contribution in [-0.2, 0) is 10.0 Å². The Hall–Kier alpha value is -2.12. The molecule has 6 nitrogen and oxygen atoms in total. The molecule has 27 heavy (non-hydrogen) atoms. The van der Waals surface area contributed by atoms with Crippen LogP contribution < -0.4 is 10.0 Å². The summed E-state index contributed by atoms with van der Waals surface area (Å²) in [5.41, 5.74) is 0.511. The maximum atomic E-state index is 12.7. The van der Waals surface area contributed by atoms with Gasteiger partial charge in [-0.05, 0) is 80.3 Å². The summed E-state index contributed by atoms with van der Waals surface area (Å²) in [6.07, 6.45) is 6.33. The molecule has 0 saturated heterocycles. The first kappa shape index (κ1) is 18.3. The lowest BCUT2D eigenvalue weighted by atomic mass is 9.84. The molecular weight excluding hydrogens is 364 g/mol. The normalized spacial score (nSPS) is 25.4. The van der Waals surface area contributed by atoms with Gasteiger partial charge in [0, 0.05) is 11.7 Å². The summed E-state index contributed by atoms with van der Waals surface area (Å²) in [6.45, 7) is 1.97. The number of anilines is 1. The first-order chi connectivity index (χ1) is 12.9. The molecule has 2 aliphatic rings. The minimum absolute atomic E-state index is 0.0661. The Labute approximate surface area is 159 Å². The molecule has 4 atom stereocenters. The second-order valence-electron chi connectivity index (χ2n) is 7.70. The molecule has 0 unspecified atom stereocenters. The van der Waals surface area contributed by atoms with Gasteiger partial charge < -0.3 is 9.73 Å². The van der Waals surface area contributed by atoms with Crippen LogP contribution in [0.4, 0.5) is 5.69 Å². The van der Waals surface area contributed by atoms with Crippen LogP contribution in [0, 0.1) is 17.8 Å². The van der Waals surface area contributed by atoms with Crippen LogP contribution in [0.5, 0.6) is 0 Å². The van der Waals surface area contributed by atoms with Crippen LogP contribution in [0.25, 0.3) is 0 Å². The van der Waals surface area contributed by atoms with E-state index in [9.17, 15) is 13.2 Å². The Balaban J connectivity index is 1.40. The van der Waals surface area contributed by atoms with E-state index >= 15 is 0 Å². The Morgan fingerprint density at radius 2 is 1.93 bits per heavy atom. The average Bonchev–Trinajstić information content (AvgIpc) is 3.39. The molecule has 2 aromatic rings. The molecule has 1 amide bonds. The van der Waals surface area contributed by atoms with Crippen molar-refractivity contribution in [3.05, 3.63) is 48.4 Å². The van der Waals surface area contributed by atoms with Crippen molar-refractivity contribution in [2.75, 3.05) is 5.32 Å². The predicted octanol–water partition coefficient (Wildman–Crippen LogP) is 3.63. The molecule has 1 aromatic carbocycles. The molecule has 144 valence electrons. The molecule has 2 aliphatic carbocycles.